The maximum atomic E-state index is 5.78. The molecule has 0 radical (unpaired) electrons. The number of hydrogen-bond donors (Lipinski definition) is 1. The van der Waals surface area contributed by atoms with Gasteiger partial charge < -0.3 is 20.1 Å². The number of methoxy groups -OCH3 is 2. The second kappa shape index (κ2) is 5.27. The molecule has 0 spiro atoms. The second-order valence-electron chi connectivity index (χ2n) is 4.61. The van der Waals surface area contributed by atoms with Gasteiger partial charge in [-0.3, -0.25) is 0 Å². The number of nitrogens with zero attached hydrogens (tertiary/aromatic N) is 1. The Morgan fingerprint density at radius 1 is 1.24 bits per heavy atom. The Morgan fingerprint density at radius 3 is 2.35 bits per heavy atom. The van der Waals surface area contributed by atoms with Gasteiger partial charge in [0, 0.05) is 25.2 Å². The van der Waals surface area contributed by atoms with Gasteiger partial charge >= 0.3 is 0 Å². The van der Waals surface area contributed by atoms with Crippen LogP contribution >= 0.6 is 0 Å². The van der Waals surface area contributed by atoms with E-state index in [-0.39, 0.29) is 5.54 Å². The van der Waals surface area contributed by atoms with Crippen molar-refractivity contribution >= 4 is 5.69 Å². The van der Waals surface area contributed by atoms with Crippen molar-refractivity contribution in [3.05, 3.63) is 18.2 Å². The van der Waals surface area contributed by atoms with Crippen LogP contribution in [0.1, 0.15) is 13.8 Å². The largest absolute Gasteiger partial charge is 0.497 e. The highest BCUT2D eigenvalue weighted by molar-refractivity contribution is 5.62. The Labute approximate surface area is 103 Å². The maximum absolute atomic E-state index is 5.78. The standard InChI is InChI=1S/C13H22N2O2/c1-13(2,9-14)15(3)11-7-6-10(16-4)8-12(11)17-5/h6-8H,9,14H2,1-5H3. The summed E-state index contributed by atoms with van der Waals surface area (Å²) in [5.41, 5.74) is 6.67. The summed E-state index contributed by atoms with van der Waals surface area (Å²) in [5, 5.41) is 0. The van der Waals surface area contributed by atoms with Crippen molar-refractivity contribution in [3.8, 4) is 11.5 Å². The molecule has 0 unspecified atom stereocenters. The average Bonchev–Trinajstić information content (AvgIpc) is 2.36. The van der Waals surface area contributed by atoms with E-state index in [1.165, 1.54) is 0 Å². The average molecular weight is 238 g/mol. The molecule has 96 valence electrons. The fourth-order valence-corrected chi connectivity index (χ4v) is 1.53. The Kier molecular flexibility index (Phi) is 4.23. The lowest BCUT2D eigenvalue weighted by molar-refractivity contribution is 0.391. The van der Waals surface area contributed by atoms with E-state index in [1.807, 2.05) is 25.2 Å². The van der Waals surface area contributed by atoms with Gasteiger partial charge in [-0.1, -0.05) is 0 Å². The summed E-state index contributed by atoms with van der Waals surface area (Å²) in [6, 6.07) is 5.77. The molecule has 4 heteroatoms. The molecular formula is C13H22N2O2. The van der Waals surface area contributed by atoms with Gasteiger partial charge in [0.25, 0.3) is 0 Å². The normalized spacial score (nSPS) is 11.2. The lowest BCUT2D eigenvalue weighted by atomic mass is 10.0. The summed E-state index contributed by atoms with van der Waals surface area (Å²) in [6.45, 7) is 4.76. The number of hydrogen-bond acceptors (Lipinski definition) is 4. The zero-order valence-corrected chi connectivity index (χ0v) is 11.3. The van der Waals surface area contributed by atoms with Gasteiger partial charge in [0.1, 0.15) is 11.5 Å². The lowest BCUT2D eigenvalue weighted by Gasteiger charge is -2.37. The van der Waals surface area contributed by atoms with E-state index >= 15 is 0 Å². The molecule has 1 rings (SSSR count). The fourth-order valence-electron chi connectivity index (χ4n) is 1.53. The monoisotopic (exact) mass is 238 g/mol. The highest BCUT2D eigenvalue weighted by atomic mass is 16.5. The van der Waals surface area contributed by atoms with E-state index in [4.69, 9.17) is 15.2 Å². The minimum atomic E-state index is -0.123. The number of ether oxygens (including phenoxy) is 2. The third-order valence-electron chi connectivity index (χ3n) is 3.16. The molecular weight excluding hydrogens is 216 g/mol. The quantitative estimate of drug-likeness (QED) is 0.851. The smallest absolute Gasteiger partial charge is 0.145 e. The minimum absolute atomic E-state index is 0.123. The predicted octanol–water partition coefficient (Wildman–Crippen LogP) is 1.88. The first-order chi connectivity index (χ1) is 7.96. The van der Waals surface area contributed by atoms with Crippen molar-refractivity contribution < 1.29 is 9.47 Å². The first kappa shape index (κ1) is 13.6. The number of nitrogens with two attached hydrogens (primary N) is 1. The van der Waals surface area contributed by atoms with Crippen LogP contribution in [-0.4, -0.2) is 33.4 Å². The van der Waals surface area contributed by atoms with Crippen molar-refractivity contribution in [2.75, 3.05) is 32.7 Å². The lowest BCUT2D eigenvalue weighted by Crippen LogP contribution is -2.47. The van der Waals surface area contributed by atoms with Crippen LogP contribution in [0.25, 0.3) is 0 Å². The third-order valence-corrected chi connectivity index (χ3v) is 3.16. The van der Waals surface area contributed by atoms with Gasteiger partial charge in [-0.25, -0.2) is 0 Å². The fraction of sp³-hybridized carbons (Fsp3) is 0.538. The Balaban J connectivity index is 3.13. The molecule has 0 fully saturated rings. The summed E-state index contributed by atoms with van der Waals surface area (Å²) in [5.74, 6) is 1.57. The van der Waals surface area contributed by atoms with Crippen LogP contribution in [0.3, 0.4) is 0 Å². The summed E-state index contributed by atoms with van der Waals surface area (Å²) in [4.78, 5) is 2.12. The van der Waals surface area contributed by atoms with Gasteiger partial charge in [-0.05, 0) is 26.0 Å². The topological polar surface area (TPSA) is 47.7 Å². The van der Waals surface area contributed by atoms with Crippen LogP contribution in [0.5, 0.6) is 11.5 Å². The van der Waals surface area contributed by atoms with E-state index in [0.29, 0.717) is 6.54 Å². The number of likely N-dealkylation sites (N-methyl/N-ethyl adjacent to an activating group) is 1. The number of anilines is 1. The zero-order chi connectivity index (χ0) is 13.1. The van der Waals surface area contributed by atoms with Crippen LogP contribution < -0.4 is 20.1 Å². The summed E-state index contributed by atoms with van der Waals surface area (Å²) >= 11 is 0. The van der Waals surface area contributed by atoms with Gasteiger partial charge in [-0.15, -0.1) is 0 Å². The summed E-state index contributed by atoms with van der Waals surface area (Å²) < 4.78 is 10.6. The third kappa shape index (κ3) is 2.82. The molecule has 0 saturated carbocycles. The van der Waals surface area contributed by atoms with Crippen LogP contribution in [0.15, 0.2) is 18.2 Å². The van der Waals surface area contributed by atoms with Crippen LogP contribution in [0.2, 0.25) is 0 Å². The van der Waals surface area contributed by atoms with Gasteiger partial charge in [-0.2, -0.15) is 0 Å². The molecule has 0 aromatic heterocycles. The molecule has 1 aromatic rings. The molecule has 1 aromatic carbocycles. The van der Waals surface area contributed by atoms with Gasteiger partial charge in [0.15, 0.2) is 0 Å². The molecule has 2 N–H and O–H groups in total. The van der Waals surface area contributed by atoms with E-state index in [1.54, 1.807) is 14.2 Å². The van der Waals surface area contributed by atoms with Gasteiger partial charge in [0.2, 0.25) is 0 Å². The molecule has 0 saturated heterocycles. The first-order valence-corrected chi connectivity index (χ1v) is 5.62. The molecule has 0 aliphatic heterocycles. The van der Waals surface area contributed by atoms with Crippen LogP contribution in [0.4, 0.5) is 5.69 Å². The highest BCUT2D eigenvalue weighted by Gasteiger charge is 2.24. The van der Waals surface area contributed by atoms with Crippen molar-refractivity contribution in [1.29, 1.82) is 0 Å². The minimum Gasteiger partial charge on any atom is -0.497 e. The number of benzene rings is 1. The molecule has 0 bridgehead atoms. The van der Waals surface area contributed by atoms with E-state index in [9.17, 15) is 0 Å². The maximum Gasteiger partial charge on any atom is 0.145 e. The second-order valence-corrected chi connectivity index (χ2v) is 4.61. The van der Waals surface area contributed by atoms with E-state index in [0.717, 1.165) is 17.2 Å². The Morgan fingerprint density at radius 2 is 1.88 bits per heavy atom. The molecule has 0 heterocycles. The van der Waals surface area contributed by atoms with E-state index < -0.39 is 0 Å². The first-order valence-electron chi connectivity index (χ1n) is 5.62. The van der Waals surface area contributed by atoms with Crippen LogP contribution in [0, 0.1) is 0 Å². The Bertz CT molecular complexity index is 378. The van der Waals surface area contributed by atoms with E-state index in [2.05, 4.69) is 18.7 Å². The van der Waals surface area contributed by atoms with Gasteiger partial charge in [0.05, 0.1) is 19.9 Å². The van der Waals surface area contributed by atoms with Crippen molar-refractivity contribution in [1.82, 2.24) is 0 Å². The predicted molar refractivity (Wildman–Crippen MR) is 71.1 cm³/mol. The van der Waals surface area contributed by atoms with Crippen LogP contribution in [-0.2, 0) is 0 Å². The highest BCUT2D eigenvalue weighted by Crippen LogP contribution is 2.34. The molecule has 0 aliphatic carbocycles. The molecule has 0 amide bonds. The van der Waals surface area contributed by atoms with Crippen molar-refractivity contribution in [3.63, 3.8) is 0 Å². The molecule has 4 nitrogen and oxygen atoms in total. The molecule has 0 atom stereocenters. The summed E-state index contributed by atoms with van der Waals surface area (Å²) in [6.07, 6.45) is 0. The zero-order valence-electron chi connectivity index (χ0n) is 11.3. The summed E-state index contributed by atoms with van der Waals surface area (Å²) in [7, 11) is 5.31. The number of rotatable bonds is 5. The molecule has 0 aliphatic rings. The Hall–Kier alpha value is -1.42. The van der Waals surface area contributed by atoms with Crippen molar-refractivity contribution in [2.45, 2.75) is 19.4 Å². The molecule has 17 heavy (non-hydrogen) atoms. The SMILES string of the molecule is COc1ccc(N(C)C(C)(C)CN)c(OC)c1. The van der Waals surface area contributed by atoms with Crippen molar-refractivity contribution in [2.24, 2.45) is 5.73 Å².